The van der Waals surface area contributed by atoms with Gasteiger partial charge in [0.1, 0.15) is 18.2 Å². The molecule has 5 nitrogen and oxygen atoms in total. The molecule has 1 aliphatic rings. The lowest BCUT2D eigenvalue weighted by atomic mass is 10.0. The lowest BCUT2D eigenvalue weighted by molar-refractivity contribution is -0.0490. The van der Waals surface area contributed by atoms with E-state index < -0.39 is 0 Å². The first-order valence-corrected chi connectivity index (χ1v) is 8.65. The van der Waals surface area contributed by atoms with Gasteiger partial charge in [0.15, 0.2) is 5.82 Å². The third kappa shape index (κ3) is 3.99. The Labute approximate surface area is 142 Å². The first kappa shape index (κ1) is 17.0. The monoisotopic (exact) mass is 332 g/mol. The quantitative estimate of drug-likeness (QED) is 0.816. The molecule has 130 valence electrons. The second-order valence-corrected chi connectivity index (χ2v) is 6.35. The summed E-state index contributed by atoms with van der Waals surface area (Å²) < 4.78 is 21.2. The number of aromatic nitrogens is 3. The van der Waals surface area contributed by atoms with Crippen molar-refractivity contribution in [3.8, 4) is 0 Å². The average molecular weight is 332 g/mol. The Morgan fingerprint density at radius 1 is 1.42 bits per heavy atom. The van der Waals surface area contributed by atoms with Crippen molar-refractivity contribution >= 4 is 0 Å². The minimum absolute atomic E-state index is 0.0298. The van der Waals surface area contributed by atoms with Crippen LogP contribution in [0.1, 0.15) is 37.8 Å². The predicted octanol–water partition coefficient (Wildman–Crippen LogP) is 2.83. The molecule has 0 bridgehead atoms. The third-order valence-electron chi connectivity index (χ3n) is 4.74. The zero-order valence-electron chi connectivity index (χ0n) is 14.4. The first-order valence-electron chi connectivity index (χ1n) is 8.65. The Kier molecular flexibility index (Phi) is 5.58. The topological polar surface area (TPSA) is 43.2 Å². The van der Waals surface area contributed by atoms with Crippen LogP contribution >= 0.6 is 0 Å². The van der Waals surface area contributed by atoms with Crippen molar-refractivity contribution in [1.29, 1.82) is 0 Å². The van der Waals surface area contributed by atoms with Gasteiger partial charge >= 0.3 is 0 Å². The number of ether oxygens (including phenoxy) is 1. The highest BCUT2D eigenvalue weighted by Crippen LogP contribution is 2.23. The van der Waals surface area contributed by atoms with Gasteiger partial charge in [-0.3, -0.25) is 4.90 Å². The lowest BCUT2D eigenvalue weighted by Gasteiger charge is -2.36. The summed E-state index contributed by atoms with van der Waals surface area (Å²) in [5, 5.41) is 8.23. The Bertz CT molecular complexity index is 660. The van der Waals surface area contributed by atoms with E-state index in [1.54, 1.807) is 18.5 Å². The smallest absolute Gasteiger partial charge is 0.163 e. The molecule has 24 heavy (non-hydrogen) atoms. The Morgan fingerprint density at radius 3 is 3.08 bits per heavy atom. The number of hydrogen-bond donors (Lipinski definition) is 0. The second-order valence-electron chi connectivity index (χ2n) is 6.35. The molecule has 0 radical (unpaired) electrons. The van der Waals surface area contributed by atoms with Crippen LogP contribution in [0.5, 0.6) is 0 Å². The van der Waals surface area contributed by atoms with Crippen LogP contribution in [0.2, 0.25) is 0 Å². The fraction of sp³-hybridized carbons (Fsp3) is 0.556. The maximum atomic E-state index is 13.3. The lowest BCUT2D eigenvalue weighted by Crippen LogP contribution is -2.44. The molecule has 2 atom stereocenters. The van der Waals surface area contributed by atoms with E-state index in [1.807, 2.05) is 10.6 Å². The predicted molar refractivity (Wildman–Crippen MR) is 90.1 cm³/mol. The molecule has 1 aromatic carbocycles. The molecule has 0 saturated carbocycles. The molecule has 0 N–H and O–H groups in total. The highest BCUT2D eigenvalue weighted by Gasteiger charge is 2.28. The summed E-state index contributed by atoms with van der Waals surface area (Å²) in [5.41, 5.74) is 1.05. The van der Waals surface area contributed by atoms with Gasteiger partial charge in [0, 0.05) is 25.7 Å². The maximum Gasteiger partial charge on any atom is 0.163 e. The second kappa shape index (κ2) is 7.85. The fourth-order valence-corrected chi connectivity index (χ4v) is 3.23. The summed E-state index contributed by atoms with van der Waals surface area (Å²) >= 11 is 0. The molecule has 2 heterocycles. The number of rotatable bonds is 6. The third-order valence-corrected chi connectivity index (χ3v) is 4.74. The summed E-state index contributed by atoms with van der Waals surface area (Å²) in [6.45, 7) is 7.59. The Balaban J connectivity index is 1.58. The van der Waals surface area contributed by atoms with Crippen LogP contribution in [0.25, 0.3) is 0 Å². The zero-order valence-corrected chi connectivity index (χ0v) is 14.4. The van der Waals surface area contributed by atoms with Crippen LogP contribution in [0.3, 0.4) is 0 Å². The van der Waals surface area contributed by atoms with Gasteiger partial charge in [0.05, 0.1) is 6.61 Å². The fourth-order valence-electron chi connectivity index (χ4n) is 3.23. The highest BCUT2D eigenvalue weighted by atomic mass is 19.1. The van der Waals surface area contributed by atoms with Gasteiger partial charge in [-0.2, -0.15) is 0 Å². The van der Waals surface area contributed by atoms with E-state index in [0.29, 0.717) is 12.6 Å². The standard InChI is InChI=1S/C18H25FN4O/c1-3-22-13-20-21-18(22)17-12-23(9-10-24-17)14(2)7-8-15-5-4-6-16(19)11-15/h4-6,11,13-14,17H,3,7-10,12H2,1-2H3/t14-,17-/m0/s1. The van der Waals surface area contributed by atoms with E-state index in [2.05, 4.69) is 28.9 Å². The molecule has 0 unspecified atom stereocenters. The van der Waals surface area contributed by atoms with Crippen molar-refractivity contribution in [2.45, 2.75) is 45.4 Å². The van der Waals surface area contributed by atoms with E-state index in [4.69, 9.17) is 4.74 Å². The summed E-state index contributed by atoms with van der Waals surface area (Å²) in [4.78, 5) is 2.43. The average Bonchev–Trinajstić information content (AvgIpc) is 3.08. The number of aryl methyl sites for hydroxylation is 2. The van der Waals surface area contributed by atoms with Crippen LogP contribution < -0.4 is 0 Å². The molecule has 1 aromatic heterocycles. The van der Waals surface area contributed by atoms with E-state index in [-0.39, 0.29) is 11.9 Å². The van der Waals surface area contributed by atoms with Crippen LogP contribution in [-0.4, -0.2) is 45.4 Å². The van der Waals surface area contributed by atoms with E-state index in [1.165, 1.54) is 6.07 Å². The number of halogens is 1. The van der Waals surface area contributed by atoms with E-state index in [9.17, 15) is 4.39 Å². The maximum absolute atomic E-state index is 13.3. The molecule has 1 saturated heterocycles. The molecular formula is C18H25FN4O. The number of morpholine rings is 1. The summed E-state index contributed by atoms with van der Waals surface area (Å²) in [6.07, 6.45) is 3.60. The van der Waals surface area contributed by atoms with Gasteiger partial charge in [-0.25, -0.2) is 4.39 Å². The van der Waals surface area contributed by atoms with Crippen LogP contribution in [0, 0.1) is 5.82 Å². The number of nitrogens with zero attached hydrogens (tertiary/aromatic N) is 4. The molecule has 2 aromatic rings. The van der Waals surface area contributed by atoms with Crippen LogP contribution in [0.4, 0.5) is 4.39 Å². The van der Waals surface area contributed by atoms with Crippen molar-refractivity contribution < 1.29 is 9.13 Å². The summed E-state index contributed by atoms with van der Waals surface area (Å²) in [6, 6.07) is 7.29. The van der Waals surface area contributed by atoms with Crippen molar-refractivity contribution in [1.82, 2.24) is 19.7 Å². The van der Waals surface area contributed by atoms with Crippen molar-refractivity contribution in [3.05, 3.63) is 47.8 Å². The molecule has 0 spiro atoms. The molecule has 3 rings (SSSR count). The zero-order chi connectivity index (χ0) is 16.9. The van der Waals surface area contributed by atoms with Crippen molar-refractivity contribution in [2.75, 3.05) is 19.7 Å². The molecule has 0 amide bonds. The normalized spacial score (nSPS) is 20.2. The molecule has 6 heteroatoms. The molecule has 1 fully saturated rings. The molecular weight excluding hydrogens is 307 g/mol. The minimum Gasteiger partial charge on any atom is -0.368 e. The summed E-state index contributed by atoms with van der Waals surface area (Å²) in [5.74, 6) is 0.741. The number of hydrogen-bond acceptors (Lipinski definition) is 4. The van der Waals surface area contributed by atoms with Crippen LogP contribution in [-0.2, 0) is 17.7 Å². The largest absolute Gasteiger partial charge is 0.368 e. The van der Waals surface area contributed by atoms with Crippen molar-refractivity contribution in [3.63, 3.8) is 0 Å². The molecule has 1 aliphatic heterocycles. The van der Waals surface area contributed by atoms with Gasteiger partial charge in [0.2, 0.25) is 0 Å². The van der Waals surface area contributed by atoms with E-state index in [0.717, 1.165) is 43.9 Å². The van der Waals surface area contributed by atoms with Gasteiger partial charge in [-0.05, 0) is 44.4 Å². The van der Waals surface area contributed by atoms with Crippen LogP contribution in [0.15, 0.2) is 30.6 Å². The van der Waals surface area contributed by atoms with Gasteiger partial charge in [-0.1, -0.05) is 12.1 Å². The van der Waals surface area contributed by atoms with Crippen molar-refractivity contribution in [2.24, 2.45) is 0 Å². The van der Waals surface area contributed by atoms with Gasteiger partial charge in [-0.15, -0.1) is 10.2 Å². The number of benzene rings is 1. The molecule has 0 aliphatic carbocycles. The SMILES string of the molecule is CCn1cnnc1[C@@H]1CN([C@@H](C)CCc2cccc(F)c2)CCO1. The van der Waals surface area contributed by atoms with Gasteiger partial charge < -0.3 is 9.30 Å². The Morgan fingerprint density at radius 2 is 2.29 bits per heavy atom. The summed E-state index contributed by atoms with van der Waals surface area (Å²) in [7, 11) is 0. The first-order chi connectivity index (χ1) is 11.7. The Hall–Kier alpha value is -1.79. The highest BCUT2D eigenvalue weighted by molar-refractivity contribution is 5.16. The van der Waals surface area contributed by atoms with E-state index >= 15 is 0 Å². The van der Waals surface area contributed by atoms with Gasteiger partial charge in [0.25, 0.3) is 0 Å². The minimum atomic E-state index is -0.162.